The van der Waals surface area contributed by atoms with E-state index in [1.54, 1.807) is 12.1 Å². The van der Waals surface area contributed by atoms with Crippen LogP contribution in [0.5, 0.6) is 0 Å². The fraction of sp³-hybridized carbons (Fsp3) is 0.395. The molecule has 0 spiro atoms. The van der Waals surface area contributed by atoms with Crippen LogP contribution in [0.4, 0.5) is 13.2 Å². The number of hydrogen-bond donors (Lipinski definition) is 3. The van der Waals surface area contributed by atoms with E-state index in [1.165, 1.54) is 0 Å². The van der Waals surface area contributed by atoms with Crippen LogP contribution in [0.1, 0.15) is 72.3 Å². The number of carbonyl (C=O) groups excluding carboxylic acids is 2. The molecule has 0 aromatic heterocycles. The molecule has 4 aromatic rings. The van der Waals surface area contributed by atoms with E-state index < -0.39 is 35.9 Å². The molecule has 4 atom stereocenters. The van der Waals surface area contributed by atoms with Gasteiger partial charge in [0.05, 0.1) is 24.4 Å². The van der Waals surface area contributed by atoms with Crippen molar-refractivity contribution in [3.05, 3.63) is 130 Å². The number of amides is 2. The van der Waals surface area contributed by atoms with Crippen LogP contribution in [0.3, 0.4) is 0 Å². The van der Waals surface area contributed by atoms with Gasteiger partial charge in [-0.25, -0.2) is 0 Å². The van der Waals surface area contributed by atoms with E-state index in [9.17, 15) is 33.0 Å². The first kappa shape index (κ1) is 39.9. The number of likely N-dealkylation sites (tertiary alicyclic amines) is 2. The number of aliphatic hydroxyl groups excluding tert-OH is 1. The molecule has 9 nitrogen and oxygen atoms in total. The Bertz CT molecular complexity index is 1970. The molecule has 3 aliphatic rings. The average Bonchev–Trinajstić information content (AvgIpc) is 3.71. The summed E-state index contributed by atoms with van der Waals surface area (Å²) in [4.78, 5) is 27.9. The van der Waals surface area contributed by atoms with Crippen LogP contribution in [-0.2, 0) is 37.8 Å². The summed E-state index contributed by atoms with van der Waals surface area (Å²) in [5.74, 6) is -2.61. The van der Waals surface area contributed by atoms with Crippen molar-refractivity contribution in [1.82, 2.24) is 15.1 Å². The molecular formula is C43H45ClF3N3O6. The largest absolute Gasteiger partial charge is 0.471 e. The van der Waals surface area contributed by atoms with Gasteiger partial charge in [-0.05, 0) is 71.2 Å². The minimum Gasteiger partial charge on any atom is -0.392 e. The third-order valence-electron chi connectivity index (χ3n) is 11.2. The summed E-state index contributed by atoms with van der Waals surface area (Å²) in [6, 6.07) is 29.2. The number of hydrogen-bond acceptors (Lipinski definition) is 7. The van der Waals surface area contributed by atoms with Crippen LogP contribution in [0, 0.1) is 0 Å². The quantitative estimate of drug-likeness (QED) is 0.156. The SMILES string of the molecule is O=C(NCc1ccccc1-c1ccc([C@@H]2O[C@H](CN3CCC(O)(c4ccc(Cl)cc4)CC3)C[C@H](c3ccc(CO)cc3)O2)cc1)[C@@H]1CCCN1C(=O)C(F)(F)F. The second kappa shape index (κ2) is 17.1. The van der Waals surface area contributed by atoms with Crippen molar-refractivity contribution in [1.29, 1.82) is 0 Å². The first-order chi connectivity index (χ1) is 26.9. The Labute approximate surface area is 329 Å². The highest BCUT2D eigenvalue weighted by Crippen LogP contribution is 2.40. The predicted molar refractivity (Wildman–Crippen MR) is 204 cm³/mol. The molecule has 3 aliphatic heterocycles. The highest BCUT2D eigenvalue weighted by molar-refractivity contribution is 6.30. The van der Waals surface area contributed by atoms with Crippen molar-refractivity contribution in [3.63, 3.8) is 0 Å². The van der Waals surface area contributed by atoms with Crippen LogP contribution >= 0.6 is 11.6 Å². The fourth-order valence-electron chi connectivity index (χ4n) is 8.00. The molecule has 3 N–H and O–H groups in total. The number of carbonyl (C=O) groups is 2. The van der Waals surface area contributed by atoms with Gasteiger partial charge < -0.3 is 34.8 Å². The zero-order valence-corrected chi connectivity index (χ0v) is 31.5. The number of alkyl halides is 3. The number of ether oxygens (including phenoxy) is 2. The lowest BCUT2D eigenvalue weighted by molar-refractivity contribution is -0.253. The number of halogens is 4. The fourth-order valence-corrected chi connectivity index (χ4v) is 8.12. The van der Waals surface area contributed by atoms with Crippen LogP contribution in [0.15, 0.2) is 97.1 Å². The maximum absolute atomic E-state index is 13.1. The standard InChI is InChI=1S/C43H45ClF3N3O6/c44-34-17-15-33(16-18-34)42(54)19-22-49(23-20-42)26-35-24-38(30-9-7-28(27-51)8-10-30)56-40(55-35)31-13-11-29(12-14-31)36-5-2-1-4-32(36)25-48-39(52)37-6-3-21-50(37)41(53)43(45,46)47/h1-2,4-5,7-18,35,37-38,40,51,54H,3,6,19-27H2,(H,48,52)/t35-,37-,38+,40+/m0/s1. The van der Waals surface area contributed by atoms with Crippen molar-refractivity contribution in [2.45, 2.75) is 81.6 Å². The molecular weight excluding hydrogens is 747 g/mol. The molecule has 0 radical (unpaired) electrons. The number of benzene rings is 4. The summed E-state index contributed by atoms with van der Waals surface area (Å²) in [6.45, 7) is 1.95. The van der Waals surface area contributed by atoms with E-state index in [-0.39, 0.29) is 38.3 Å². The molecule has 3 saturated heterocycles. The van der Waals surface area contributed by atoms with Crippen LogP contribution in [0.25, 0.3) is 11.1 Å². The van der Waals surface area contributed by atoms with Crippen LogP contribution in [-0.4, -0.2) is 76.3 Å². The van der Waals surface area contributed by atoms with Crippen molar-refractivity contribution in [2.24, 2.45) is 0 Å². The molecule has 56 heavy (non-hydrogen) atoms. The van der Waals surface area contributed by atoms with E-state index in [4.69, 9.17) is 21.1 Å². The van der Waals surface area contributed by atoms with Gasteiger partial charge in [-0.3, -0.25) is 9.59 Å². The highest BCUT2D eigenvalue weighted by Gasteiger charge is 2.47. The second-order valence-electron chi connectivity index (χ2n) is 14.8. The van der Waals surface area contributed by atoms with Crippen molar-refractivity contribution >= 4 is 23.4 Å². The lowest BCUT2D eigenvalue weighted by Crippen LogP contribution is -2.50. The molecule has 3 fully saturated rings. The van der Waals surface area contributed by atoms with Gasteiger partial charge in [0, 0.05) is 49.7 Å². The minimum atomic E-state index is -5.04. The number of aliphatic hydroxyl groups is 2. The number of nitrogens with zero attached hydrogens (tertiary/aromatic N) is 2. The normalized spacial score (nSPS) is 22.9. The molecule has 0 bridgehead atoms. The van der Waals surface area contributed by atoms with Gasteiger partial charge >= 0.3 is 12.1 Å². The Morgan fingerprint density at radius 3 is 2.23 bits per heavy atom. The Hall–Kier alpha value is -4.30. The van der Waals surface area contributed by atoms with E-state index in [1.807, 2.05) is 84.9 Å². The summed E-state index contributed by atoms with van der Waals surface area (Å²) in [6.07, 6.45) is -3.89. The van der Waals surface area contributed by atoms with Crippen LogP contribution < -0.4 is 5.32 Å². The Morgan fingerprint density at radius 2 is 1.55 bits per heavy atom. The predicted octanol–water partition coefficient (Wildman–Crippen LogP) is 7.20. The number of nitrogens with one attached hydrogen (secondary N) is 1. The second-order valence-corrected chi connectivity index (χ2v) is 15.3. The van der Waals surface area contributed by atoms with E-state index in [0.29, 0.717) is 55.2 Å². The summed E-state index contributed by atoms with van der Waals surface area (Å²) in [5.41, 5.74) is 5.01. The van der Waals surface area contributed by atoms with E-state index in [0.717, 1.165) is 38.9 Å². The monoisotopic (exact) mass is 791 g/mol. The zero-order valence-electron chi connectivity index (χ0n) is 30.8. The Morgan fingerprint density at radius 1 is 0.875 bits per heavy atom. The van der Waals surface area contributed by atoms with Gasteiger partial charge in [0.1, 0.15) is 6.04 Å². The number of piperidine rings is 1. The van der Waals surface area contributed by atoms with Gasteiger partial charge in [0.2, 0.25) is 5.91 Å². The molecule has 296 valence electrons. The third kappa shape index (κ3) is 9.12. The van der Waals surface area contributed by atoms with Crippen molar-refractivity contribution in [3.8, 4) is 11.1 Å². The molecule has 0 aliphatic carbocycles. The van der Waals surface area contributed by atoms with Crippen molar-refractivity contribution in [2.75, 3.05) is 26.2 Å². The maximum atomic E-state index is 13.1. The van der Waals surface area contributed by atoms with Crippen LogP contribution in [0.2, 0.25) is 5.02 Å². The average molecular weight is 792 g/mol. The minimum absolute atomic E-state index is 0.0541. The lowest BCUT2D eigenvalue weighted by Gasteiger charge is -2.42. The van der Waals surface area contributed by atoms with Gasteiger partial charge in [0.15, 0.2) is 6.29 Å². The van der Waals surface area contributed by atoms with E-state index in [2.05, 4.69) is 10.2 Å². The van der Waals surface area contributed by atoms with E-state index >= 15 is 0 Å². The lowest BCUT2D eigenvalue weighted by atomic mass is 9.84. The Kier molecular flexibility index (Phi) is 12.2. The van der Waals surface area contributed by atoms with Gasteiger partial charge in [-0.1, -0.05) is 96.5 Å². The molecule has 7 rings (SSSR count). The Balaban J connectivity index is 1.04. The molecule has 3 heterocycles. The molecule has 13 heteroatoms. The highest BCUT2D eigenvalue weighted by atomic mass is 35.5. The third-order valence-corrected chi connectivity index (χ3v) is 11.4. The van der Waals surface area contributed by atoms with Gasteiger partial charge in [0.25, 0.3) is 0 Å². The smallest absolute Gasteiger partial charge is 0.392 e. The molecule has 2 amide bonds. The molecule has 0 saturated carbocycles. The zero-order chi connectivity index (χ0) is 39.5. The van der Waals surface area contributed by atoms with Crippen molar-refractivity contribution < 1.29 is 42.4 Å². The van der Waals surface area contributed by atoms with Gasteiger partial charge in [-0.2, -0.15) is 13.2 Å². The number of rotatable bonds is 10. The molecule has 0 unspecified atom stereocenters. The first-order valence-corrected chi connectivity index (χ1v) is 19.3. The molecule has 4 aromatic carbocycles. The summed E-state index contributed by atoms with van der Waals surface area (Å²) in [7, 11) is 0. The topological polar surface area (TPSA) is 112 Å². The summed E-state index contributed by atoms with van der Waals surface area (Å²) >= 11 is 6.09. The summed E-state index contributed by atoms with van der Waals surface area (Å²) in [5, 5.41) is 24.4. The maximum Gasteiger partial charge on any atom is 0.471 e. The first-order valence-electron chi connectivity index (χ1n) is 19.0. The van der Waals surface area contributed by atoms with Gasteiger partial charge in [-0.15, -0.1) is 0 Å². The summed E-state index contributed by atoms with van der Waals surface area (Å²) < 4.78 is 52.6.